The summed E-state index contributed by atoms with van der Waals surface area (Å²) in [5, 5.41) is 12.7. The maximum atomic E-state index is 14.1. The number of aryl methyl sites for hydroxylation is 2. The predicted octanol–water partition coefficient (Wildman–Crippen LogP) is 6.10. The minimum Gasteiger partial charge on any atom is -0.481 e. The second-order valence-corrected chi connectivity index (χ2v) is 13.5. The molecule has 2 aromatic heterocycles. The van der Waals surface area contributed by atoms with E-state index in [1.807, 2.05) is 52.0 Å². The molecule has 0 bridgehead atoms. The first-order valence-corrected chi connectivity index (χ1v) is 16.7. The molecule has 12 heteroatoms. The number of carbonyl (C=O) groups excluding carboxylic acids is 1. The number of likely N-dealkylation sites (N-methyl/N-ethyl adjacent to an activating group) is 1. The van der Waals surface area contributed by atoms with Crippen LogP contribution in [-0.4, -0.2) is 64.8 Å². The topological polar surface area (TPSA) is 114 Å². The van der Waals surface area contributed by atoms with Gasteiger partial charge >= 0.3 is 12.1 Å². The standard InChI is InChI=1S/C38H45F3N4O5/c1-23(2)17-33(45-22-26(14-15-44(5)6)30(20-34(45)46)38(39,40)41)37(49)43-32(21-35(47)48)31-19-27(36-24(3)9-7-10-25(36)4)18-28(42-31)12-13-29-11-8-16-50-29/h7,9-10,18-20,22-23,29,32-33H,8,11,14-17,21H2,1-6H3,(H,43,49)(H,47,48)/t29?,32-,33-/m0/s1. The van der Waals surface area contributed by atoms with Gasteiger partial charge in [0.25, 0.3) is 5.56 Å². The first kappa shape index (κ1) is 38.3. The van der Waals surface area contributed by atoms with Gasteiger partial charge in [-0.2, -0.15) is 13.2 Å². The Morgan fingerprint density at radius 2 is 1.86 bits per heavy atom. The number of rotatable bonds is 12. The monoisotopic (exact) mass is 694 g/mol. The van der Waals surface area contributed by atoms with Gasteiger partial charge in [0.15, 0.2) is 0 Å². The molecular weight excluding hydrogens is 649 g/mol. The van der Waals surface area contributed by atoms with Crippen molar-refractivity contribution in [3.63, 3.8) is 0 Å². The zero-order valence-electron chi connectivity index (χ0n) is 29.4. The van der Waals surface area contributed by atoms with E-state index >= 15 is 0 Å². The largest absolute Gasteiger partial charge is 0.481 e. The number of nitrogens with one attached hydrogen (secondary N) is 1. The number of amides is 1. The number of pyridine rings is 2. The highest BCUT2D eigenvalue weighted by Gasteiger charge is 2.36. The summed E-state index contributed by atoms with van der Waals surface area (Å²) in [7, 11) is 3.45. The number of hydrogen-bond donors (Lipinski definition) is 2. The van der Waals surface area contributed by atoms with Crippen LogP contribution in [0.5, 0.6) is 0 Å². The second-order valence-electron chi connectivity index (χ2n) is 13.5. The van der Waals surface area contributed by atoms with Crippen LogP contribution in [0.2, 0.25) is 0 Å². The van der Waals surface area contributed by atoms with E-state index in [-0.39, 0.29) is 42.7 Å². The molecule has 9 nitrogen and oxygen atoms in total. The van der Waals surface area contributed by atoms with Crippen molar-refractivity contribution < 1.29 is 32.6 Å². The van der Waals surface area contributed by atoms with Gasteiger partial charge in [-0.25, -0.2) is 4.98 Å². The molecule has 3 heterocycles. The Morgan fingerprint density at radius 1 is 1.16 bits per heavy atom. The van der Waals surface area contributed by atoms with Gasteiger partial charge in [0.2, 0.25) is 5.91 Å². The van der Waals surface area contributed by atoms with Crippen LogP contribution in [0.4, 0.5) is 13.2 Å². The predicted molar refractivity (Wildman–Crippen MR) is 185 cm³/mol. The van der Waals surface area contributed by atoms with Crippen LogP contribution >= 0.6 is 0 Å². The zero-order chi connectivity index (χ0) is 36.7. The van der Waals surface area contributed by atoms with E-state index in [1.165, 1.54) is 0 Å². The van der Waals surface area contributed by atoms with Crippen molar-refractivity contribution in [2.24, 2.45) is 5.92 Å². The number of hydrogen-bond acceptors (Lipinski definition) is 6. The van der Waals surface area contributed by atoms with Crippen LogP contribution in [0.25, 0.3) is 11.1 Å². The summed E-state index contributed by atoms with van der Waals surface area (Å²) in [6, 6.07) is 7.56. The molecule has 0 spiro atoms. The van der Waals surface area contributed by atoms with Gasteiger partial charge in [0, 0.05) is 25.4 Å². The summed E-state index contributed by atoms with van der Waals surface area (Å²) < 4.78 is 48.7. The van der Waals surface area contributed by atoms with E-state index in [9.17, 15) is 32.7 Å². The van der Waals surface area contributed by atoms with Crippen molar-refractivity contribution in [3.05, 3.63) is 86.6 Å². The van der Waals surface area contributed by atoms with Crippen molar-refractivity contribution >= 4 is 11.9 Å². The Bertz CT molecular complexity index is 1800. The Kier molecular flexibility index (Phi) is 12.6. The molecule has 1 aliphatic rings. The highest BCUT2D eigenvalue weighted by molar-refractivity contribution is 5.82. The molecular formula is C38H45F3N4O5. The number of halogens is 3. The lowest BCUT2D eigenvalue weighted by Crippen LogP contribution is -2.41. The minimum absolute atomic E-state index is 0.00940. The third-order valence-corrected chi connectivity index (χ3v) is 8.59. The van der Waals surface area contributed by atoms with Gasteiger partial charge in [0.1, 0.15) is 17.8 Å². The first-order chi connectivity index (χ1) is 23.5. The molecule has 0 saturated carbocycles. The molecule has 0 aliphatic carbocycles. The summed E-state index contributed by atoms with van der Waals surface area (Å²) in [5.41, 5.74) is 2.06. The lowest BCUT2D eigenvalue weighted by Gasteiger charge is -2.26. The molecule has 268 valence electrons. The Morgan fingerprint density at radius 3 is 2.44 bits per heavy atom. The molecule has 3 aromatic rings. The highest BCUT2D eigenvalue weighted by Crippen LogP contribution is 2.33. The van der Waals surface area contributed by atoms with Crippen LogP contribution < -0.4 is 10.9 Å². The summed E-state index contributed by atoms with van der Waals surface area (Å²) in [4.78, 5) is 46.0. The molecule has 1 unspecified atom stereocenters. The first-order valence-electron chi connectivity index (χ1n) is 16.7. The molecule has 1 amide bonds. The lowest BCUT2D eigenvalue weighted by atomic mass is 9.94. The number of nitrogens with zero attached hydrogens (tertiary/aromatic N) is 3. The van der Waals surface area contributed by atoms with Crippen molar-refractivity contribution in [3.8, 4) is 23.0 Å². The van der Waals surface area contributed by atoms with Crippen molar-refractivity contribution in [2.45, 2.75) is 84.2 Å². The minimum atomic E-state index is -4.76. The van der Waals surface area contributed by atoms with Gasteiger partial charge in [-0.3, -0.25) is 14.4 Å². The summed E-state index contributed by atoms with van der Waals surface area (Å²) in [6.45, 7) is 8.47. The number of carboxylic acids is 1. The maximum Gasteiger partial charge on any atom is 0.416 e. The average Bonchev–Trinajstić information content (AvgIpc) is 3.54. The van der Waals surface area contributed by atoms with Crippen LogP contribution in [0.15, 0.2) is 47.4 Å². The van der Waals surface area contributed by atoms with Gasteiger partial charge in [-0.15, -0.1) is 0 Å². The fourth-order valence-electron chi connectivity index (χ4n) is 6.16. The number of alkyl halides is 3. The summed E-state index contributed by atoms with van der Waals surface area (Å²) in [5.74, 6) is 4.11. The van der Waals surface area contributed by atoms with Crippen molar-refractivity contribution in [1.82, 2.24) is 19.8 Å². The van der Waals surface area contributed by atoms with Crippen LogP contribution in [0.1, 0.15) is 85.3 Å². The van der Waals surface area contributed by atoms with Crippen molar-refractivity contribution in [2.75, 3.05) is 27.2 Å². The molecule has 1 aromatic carbocycles. The summed E-state index contributed by atoms with van der Waals surface area (Å²) in [6.07, 6.45) is -2.67. The van der Waals surface area contributed by atoms with E-state index in [0.29, 0.717) is 18.4 Å². The molecule has 0 radical (unpaired) electrons. The third kappa shape index (κ3) is 10.0. The normalized spacial score (nSPS) is 15.9. The van der Waals surface area contributed by atoms with Crippen LogP contribution in [0.3, 0.4) is 0 Å². The van der Waals surface area contributed by atoms with Gasteiger partial charge in [-0.1, -0.05) is 38.0 Å². The number of carboxylic acid groups (broad SMARTS) is 1. The zero-order valence-corrected chi connectivity index (χ0v) is 29.4. The van der Waals surface area contributed by atoms with Gasteiger partial charge in [-0.05, 0) is 105 Å². The Labute approximate surface area is 290 Å². The Hall–Kier alpha value is -4.47. The molecule has 2 N–H and O–H groups in total. The molecule has 1 saturated heterocycles. The molecule has 3 atom stereocenters. The fraction of sp³-hybridized carbons (Fsp3) is 0.474. The van der Waals surface area contributed by atoms with E-state index < -0.39 is 47.7 Å². The molecule has 1 fully saturated rings. The van der Waals surface area contributed by atoms with Crippen molar-refractivity contribution in [1.29, 1.82) is 0 Å². The Balaban J connectivity index is 1.81. The number of carbonyl (C=O) groups is 2. The van der Waals surface area contributed by atoms with Crippen LogP contribution in [0, 0.1) is 31.6 Å². The molecule has 4 rings (SSSR count). The second kappa shape index (κ2) is 16.5. The number of aromatic nitrogens is 2. The SMILES string of the molecule is Cc1cccc(C)c1-c1cc(C#CC2CCCO2)nc([C@H](CC(=O)O)NC(=O)[C@H](CC(C)C)n2cc(CCN(C)C)c(C(F)(F)F)cc2=O)c1. The lowest BCUT2D eigenvalue weighted by molar-refractivity contribution is -0.139. The smallest absolute Gasteiger partial charge is 0.416 e. The van der Waals surface area contributed by atoms with E-state index in [2.05, 4.69) is 22.1 Å². The maximum absolute atomic E-state index is 14.1. The van der Waals surface area contributed by atoms with E-state index in [1.54, 1.807) is 25.1 Å². The van der Waals surface area contributed by atoms with Gasteiger partial charge < -0.3 is 24.6 Å². The van der Waals surface area contributed by atoms with E-state index in [0.717, 1.165) is 45.9 Å². The molecule has 1 aliphatic heterocycles. The number of aliphatic carboxylic acids is 1. The van der Waals surface area contributed by atoms with E-state index in [4.69, 9.17) is 4.74 Å². The highest BCUT2D eigenvalue weighted by atomic mass is 19.4. The number of benzene rings is 1. The summed E-state index contributed by atoms with van der Waals surface area (Å²) >= 11 is 0. The average molecular weight is 695 g/mol. The fourth-order valence-corrected chi connectivity index (χ4v) is 6.16. The third-order valence-electron chi connectivity index (χ3n) is 8.59. The quantitative estimate of drug-likeness (QED) is 0.220. The van der Waals surface area contributed by atoms with Crippen LogP contribution in [-0.2, 0) is 26.9 Å². The van der Waals surface area contributed by atoms with Gasteiger partial charge in [0.05, 0.1) is 23.7 Å². The molecule has 50 heavy (non-hydrogen) atoms. The number of ether oxygens (including phenoxy) is 1.